The van der Waals surface area contributed by atoms with Crippen LogP contribution in [0, 0.1) is 0 Å². The van der Waals surface area contributed by atoms with Gasteiger partial charge < -0.3 is 34.7 Å². The zero-order chi connectivity index (χ0) is 20.4. The Kier molecular flexibility index (Phi) is 9.33. The van der Waals surface area contributed by atoms with Crippen LogP contribution in [0.4, 0.5) is 0 Å². The van der Waals surface area contributed by atoms with Crippen LogP contribution < -0.4 is 20.1 Å². The first-order valence-electron chi connectivity index (χ1n) is 9.70. The van der Waals surface area contributed by atoms with Gasteiger partial charge in [-0.1, -0.05) is 0 Å². The van der Waals surface area contributed by atoms with Crippen LogP contribution in [0.3, 0.4) is 0 Å². The predicted molar refractivity (Wildman–Crippen MR) is 108 cm³/mol. The van der Waals surface area contributed by atoms with Gasteiger partial charge in [0.2, 0.25) is 0 Å². The van der Waals surface area contributed by atoms with Crippen LogP contribution in [0.2, 0.25) is 0 Å². The average molecular weight is 396 g/mol. The zero-order valence-corrected chi connectivity index (χ0v) is 17.2. The van der Waals surface area contributed by atoms with Gasteiger partial charge in [0.1, 0.15) is 11.5 Å². The lowest BCUT2D eigenvalue weighted by Gasteiger charge is -2.20. The van der Waals surface area contributed by atoms with Crippen LogP contribution in [-0.2, 0) is 9.47 Å². The number of benzene rings is 1. The largest absolute Gasteiger partial charge is 0.497 e. The normalized spacial score (nSPS) is 19.2. The average Bonchev–Trinajstić information content (AvgIpc) is 3.23. The third kappa shape index (κ3) is 7.18. The first-order chi connectivity index (χ1) is 13.5. The highest BCUT2D eigenvalue weighted by molar-refractivity contribution is 5.80. The summed E-state index contributed by atoms with van der Waals surface area (Å²) in [5.74, 6) is 1.89. The highest BCUT2D eigenvalue weighted by atomic mass is 16.5. The second-order valence-corrected chi connectivity index (χ2v) is 6.75. The van der Waals surface area contributed by atoms with Gasteiger partial charge in [0.05, 0.1) is 46.2 Å². The van der Waals surface area contributed by atoms with Crippen molar-refractivity contribution in [3.63, 3.8) is 0 Å². The third-order valence-electron chi connectivity index (χ3n) is 4.38. The summed E-state index contributed by atoms with van der Waals surface area (Å²) in [5, 5.41) is 17.0. The van der Waals surface area contributed by atoms with Crippen molar-refractivity contribution in [3.8, 4) is 11.5 Å². The number of hydrogen-bond acceptors (Lipinski definition) is 6. The van der Waals surface area contributed by atoms with Gasteiger partial charge in [-0.05, 0) is 38.0 Å². The van der Waals surface area contributed by atoms with Gasteiger partial charge >= 0.3 is 0 Å². The molecule has 0 amide bonds. The standard InChI is InChI=1S/C20H33N3O5/c1-5-21-20(23-14(2)12-28-16-6-7-27-13-16)22-11-19(24)15-8-17(25-3)10-18(9-15)26-4/h8-10,14,16,19,24H,5-7,11-13H2,1-4H3,(H2,21,22,23). The molecule has 1 aromatic rings. The Morgan fingerprint density at radius 3 is 2.57 bits per heavy atom. The molecule has 158 valence electrons. The first-order valence-corrected chi connectivity index (χ1v) is 9.70. The molecular formula is C20H33N3O5. The van der Waals surface area contributed by atoms with E-state index < -0.39 is 6.10 Å². The van der Waals surface area contributed by atoms with E-state index in [1.54, 1.807) is 32.4 Å². The van der Waals surface area contributed by atoms with E-state index >= 15 is 0 Å². The van der Waals surface area contributed by atoms with Gasteiger partial charge in [-0.15, -0.1) is 0 Å². The quantitative estimate of drug-likeness (QED) is 0.408. The van der Waals surface area contributed by atoms with Gasteiger partial charge in [0.25, 0.3) is 0 Å². The maximum atomic E-state index is 10.5. The van der Waals surface area contributed by atoms with Gasteiger partial charge in [-0.3, -0.25) is 4.99 Å². The molecule has 1 saturated heterocycles. The van der Waals surface area contributed by atoms with Crippen molar-refractivity contribution in [2.75, 3.05) is 47.1 Å². The van der Waals surface area contributed by atoms with Crippen LogP contribution in [0.15, 0.2) is 23.2 Å². The topological polar surface area (TPSA) is 93.6 Å². The molecule has 1 aromatic carbocycles. The van der Waals surface area contributed by atoms with Crippen molar-refractivity contribution in [1.82, 2.24) is 10.6 Å². The maximum absolute atomic E-state index is 10.5. The van der Waals surface area contributed by atoms with Gasteiger partial charge in [0.15, 0.2) is 5.96 Å². The van der Waals surface area contributed by atoms with Crippen molar-refractivity contribution >= 4 is 5.96 Å². The Morgan fingerprint density at radius 2 is 2.00 bits per heavy atom. The summed E-state index contributed by atoms with van der Waals surface area (Å²) in [6, 6.07) is 5.40. The van der Waals surface area contributed by atoms with Crippen molar-refractivity contribution in [2.45, 2.75) is 38.5 Å². The lowest BCUT2D eigenvalue weighted by atomic mass is 10.1. The number of hydrogen-bond donors (Lipinski definition) is 3. The fourth-order valence-electron chi connectivity index (χ4n) is 2.82. The fourth-order valence-corrected chi connectivity index (χ4v) is 2.82. The molecule has 0 aromatic heterocycles. The molecule has 1 fully saturated rings. The summed E-state index contributed by atoms with van der Waals surface area (Å²) in [7, 11) is 3.16. The van der Waals surface area contributed by atoms with E-state index in [4.69, 9.17) is 18.9 Å². The minimum Gasteiger partial charge on any atom is -0.497 e. The van der Waals surface area contributed by atoms with Gasteiger partial charge in [-0.25, -0.2) is 0 Å². The summed E-state index contributed by atoms with van der Waals surface area (Å²) in [6.45, 7) is 6.95. The minimum absolute atomic E-state index is 0.0763. The lowest BCUT2D eigenvalue weighted by molar-refractivity contribution is 0.0347. The molecule has 2 rings (SSSR count). The van der Waals surface area contributed by atoms with E-state index in [1.165, 1.54) is 0 Å². The molecule has 1 heterocycles. The van der Waals surface area contributed by atoms with Crippen molar-refractivity contribution in [1.29, 1.82) is 0 Å². The number of aliphatic imine (C=N–C) groups is 1. The summed E-state index contributed by atoms with van der Waals surface area (Å²) >= 11 is 0. The van der Waals surface area contributed by atoms with Crippen LogP contribution in [0.5, 0.6) is 11.5 Å². The number of methoxy groups -OCH3 is 2. The van der Waals surface area contributed by atoms with Gasteiger partial charge in [0, 0.05) is 25.3 Å². The Morgan fingerprint density at radius 1 is 1.29 bits per heavy atom. The highest BCUT2D eigenvalue weighted by Crippen LogP contribution is 2.26. The SMILES string of the molecule is CCNC(=NCC(O)c1cc(OC)cc(OC)c1)NC(C)COC1CCOC1. The Balaban J connectivity index is 1.93. The molecule has 0 spiro atoms. The van der Waals surface area contributed by atoms with E-state index in [0.717, 1.165) is 19.6 Å². The van der Waals surface area contributed by atoms with E-state index in [1.807, 2.05) is 13.8 Å². The monoisotopic (exact) mass is 395 g/mol. The number of guanidine groups is 1. The van der Waals surface area contributed by atoms with Crippen LogP contribution in [-0.4, -0.2) is 70.3 Å². The molecule has 8 nitrogen and oxygen atoms in total. The van der Waals surface area contributed by atoms with E-state index in [9.17, 15) is 5.11 Å². The third-order valence-corrected chi connectivity index (χ3v) is 4.38. The fraction of sp³-hybridized carbons (Fsp3) is 0.650. The van der Waals surface area contributed by atoms with Crippen molar-refractivity contribution in [2.24, 2.45) is 4.99 Å². The Hall–Kier alpha value is -2.03. The van der Waals surface area contributed by atoms with Gasteiger partial charge in [-0.2, -0.15) is 0 Å². The van der Waals surface area contributed by atoms with Crippen LogP contribution in [0.1, 0.15) is 31.9 Å². The Bertz CT molecular complexity index is 598. The molecule has 0 aliphatic carbocycles. The van der Waals surface area contributed by atoms with Crippen molar-refractivity contribution in [3.05, 3.63) is 23.8 Å². The number of aliphatic hydroxyl groups is 1. The number of aliphatic hydroxyl groups excluding tert-OH is 1. The second-order valence-electron chi connectivity index (χ2n) is 6.75. The summed E-state index contributed by atoms with van der Waals surface area (Å²) in [6.07, 6.45) is 0.340. The molecule has 3 atom stereocenters. The molecule has 1 aliphatic rings. The number of ether oxygens (including phenoxy) is 4. The smallest absolute Gasteiger partial charge is 0.191 e. The van der Waals surface area contributed by atoms with Crippen LogP contribution in [0.25, 0.3) is 0 Å². The molecule has 0 bridgehead atoms. The molecule has 3 unspecified atom stereocenters. The second kappa shape index (κ2) is 11.7. The number of nitrogens with zero attached hydrogens (tertiary/aromatic N) is 1. The summed E-state index contributed by atoms with van der Waals surface area (Å²) < 4.78 is 21.7. The molecule has 28 heavy (non-hydrogen) atoms. The molecule has 0 saturated carbocycles. The summed E-state index contributed by atoms with van der Waals surface area (Å²) in [5.41, 5.74) is 0.688. The van der Waals surface area contributed by atoms with Crippen molar-refractivity contribution < 1.29 is 24.1 Å². The molecule has 0 radical (unpaired) electrons. The van der Waals surface area contributed by atoms with E-state index in [0.29, 0.717) is 36.2 Å². The van der Waals surface area contributed by atoms with E-state index in [2.05, 4.69) is 15.6 Å². The highest BCUT2D eigenvalue weighted by Gasteiger charge is 2.17. The summed E-state index contributed by atoms with van der Waals surface area (Å²) in [4.78, 5) is 4.50. The van der Waals surface area contributed by atoms with E-state index in [-0.39, 0.29) is 18.7 Å². The molecule has 3 N–H and O–H groups in total. The van der Waals surface area contributed by atoms with Crippen LogP contribution >= 0.6 is 0 Å². The lowest BCUT2D eigenvalue weighted by Crippen LogP contribution is -2.44. The number of rotatable bonds is 10. The molecule has 1 aliphatic heterocycles. The number of nitrogens with one attached hydrogen (secondary N) is 2. The minimum atomic E-state index is -0.776. The predicted octanol–water partition coefficient (Wildman–Crippen LogP) is 1.49. The first kappa shape index (κ1) is 22.3. The molecule has 8 heteroatoms. The molecular weight excluding hydrogens is 362 g/mol. The maximum Gasteiger partial charge on any atom is 0.191 e. The Labute approximate surface area is 167 Å². The zero-order valence-electron chi connectivity index (χ0n) is 17.2.